The van der Waals surface area contributed by atoms with Crippen LogP contribution in [0, 0.1) is 6.92 Å². The second kappa shape index (κ2) is 8.43. The summed E-state index contributed by atoms with van der Waals surface area (Å²) in [6, 6.07) is 10.5. The molecule has 0 fully saturated rings. The van der Waals surface area contributed by atoms with E-state index in [-0.39, 0.29) is 11.8 Å². The normalized spacial score (nSPS) is 12.2. The number of carbonyl (C=O) groups excluding carboxylic acids is 2. The van der Waals surface area contributed by atoms with Gasteiger partial charge in [0.05, 0.1) is 23.8 Å². The molecular formula is C22H26N4O3. The highest BCUT2D eigenvalue weighted by Crippen LogP contribution is 2.25. The monoisotopic (exact) mass is 394 g/mol. The fraction of sp³-hybridized carbons (Fsp3) is 0.364. The Kier molecular flexibility index (Phi) is 5.96. The van der Waals surface area contributed by atoms with Gasteiger partial charge >= 0.3 is 5.97 Å². The second-order valence-corrected chi connectivity index (χ2v) is 7.40. The Balaban J connectivity index is 1.99. The molecule has 29 heavy (non-hydrogen) atoms. The second-order valence-electron chi connectivity index (χ2n) is 7.40. The lowest BCUT2D eigenvalue weighted by Crippen LogP contribution is -2.43. The Morgan fingerprint density at radius 3 is 2.52 bits per heavy atom. The average Bonchev–Trinajstić information content (AvgIpc) is 3.00. The molecule has 1 aromatic carbocycles. The van der Waals surface area contributed by atoms with Crippen molar-refractivity contribution in [1.29, 1.82) is 0 Å². The molecule has 0 bridgehead atoms. The molecule has 152 valence electrons. The van der Waals surface area contributed by atoms with Crippen LogP contribution in [0.15, 0.2) is 36.4 Å². The number of methoxy groups -OCH3 is 1. The van der Waals surface area contributed by atoms with E-state index in [2.05, 4.69) is 15.4 Å². The number of benzene rings is 1. The van der Waals surface area contributed by atoms with Crippen molar-refractivity contribution < 1.29 is 14.3 Å². The van der Waals surface area contributed by atoms with Crippen LogP contribution in [0.25, 0.3) is 11.0 Å². The van der Waals surface area contributed by atoms with Gasteiger partial charge < -0.3 is 10.1 Å². The lowest BCUT2D eigenvalue weighted by molar-refractivity contribution is -0.142. The third kappa shape index (κ3) is 4.29. The van der Waals surface area contributed by atoms with Gasteiger partial charge in [-0.15, -0.1) is 0 Å². The molecule has 7 nitrogen and oxygen atoms in total. The molecule has 2 heterocycles. The Hall–Kier alpha value is -3.22. The molecule has 0 radical (unpaired) electrons. The number of pyridine rings is 1. The molecule has 1 N–H and O–H groups in total. The number of aryl methyl sites for hydroxylation is 2. The Morgan fingerprint density at radius 2 is 1.90 bits per heavy atom. The quantitative estimate of drug-likeness (QED) is 0.650. The van der Waals surface area contributed by atoms with Gasteiger partial charge in [-0.2, -0.15) is 5.10 Å². The highest BCUT2D eigenvalue weighted by atomic mass is 16.5. The summed E-state index contributed by atoms with van der Waals surface area (Å²) >= 11 is 0. The molecule has 1 atom stereocenters. The zero-order valence-corrected chi connectivity index (χ0v) is 17.4. The van der Waals surface area contributed by atoms with E-state index < -0.39 is 12.0 Å². The summed E-state index contributed by atoms with van der Waals surface area (Å²) in [5, 5.41) is 7.96. The van der Waals surface area contributed by atoms with Crippen molar-refractivity contribution in [3.8, 4) is 0 Å². The highest BCUT2D eigenvalue weighted by Gasteiger charge is 2.25. The third-order valence-corrected chi connectivity index (χ3v) is 4.90. The molecule has 0 aliphatic carbocycles. The van der Waals surface area contributed by atoms with E-state index >= 15 is 0 Å². The summed E-state index contributed by atoms with van der Waals surface area (Å²) in [4.78, 5) is 30.2. The largest absolute Gasteiger partial charge is 0.467 e. The van der Waals surface area contributed by atoms with Crippen molar-refractivity contribution in [1.82, 2.24) is 20.1 Å². The molecule has 3 aromatic rings. The van der Waals surface area contributed by atoms with E-state index in [1.54, 1.807) is 17.8 Å². The average molecular weight is 394 g/mol. The third-order valence-electron chi connectivity index (χ3n) is 4.90. The lowest BCUT2D eigenvalue weighted by Gasteiger charge is -2.18. The first kappa shape index (κ1) is 20.5. The van der Waals surface area contributed by atoms with Crippen LogP contribution in [0.1, 0.15) is 47.1 Å². The Labute approximate surface area is 170 Å². The van der Waals surface area contributed by atoms with Crippen LogP contribution in [0.5, 0.6) is 0 Å². The molecule has 1 amide bonds. The van der Waals surface area contributed by atoms with Gasteiger partial charge in [0.2, 0.25) is 0 Å². The smallest absolute Gasteiger partial charge is 0.328 e. The molecule has 0 aliphatic heterocycles. The number of hydrogen-bond donors (Lipinski definition) is 1. The predicted octanol–water partition coefficient (Wildman–Crippen LogP) is 2.91. The zero-order chi connectivity index (χ0) is 21.1. The maximum atomic E-state index is 13.2. The van der Waals surface area contributed by atoms with Gasteiger partial charge in [-0.1, -0.05) is 44.2 Å². The molecule has 0 saturated carbocycles. The maximum Gasteiger partial charge on any atom is 0.328 e. The zero-order valence-electron chi connectivity index (χ0n) is 17.4. The first-order valence-corrected chi connectivity index (χ1v) is 9.58. The molecule has 7 heteroatoms. The number of nitrogens with zero attached hydrogens (tertiary/aromatic N) is 3. The summed E-state index contributed by atoms with van der Waals surface area (Å²) in [7, 11) is 3.13. The van der Waals surface area contributed by atoms with Crippen LogP contribution in [0.2, 0.25) is 0 Å². The summed E-state index contributed by atoms with van der Waals surface area (Å²) in [6.07, 6.45) is 0.344. The summed E-state index contributed by atoms with van der Waals surface area (Å²) in [5.41, 5.74) is 3.56. The van der Waals surface area contributed by atoms with Gasteiger partial charge in [-0.25, -0.2) is 9.78 Å². The molecular weight excluding hydrogens is 368 g/mol. The van der Waals surface area contributed by atoms with Gasteiger partial charge in [0.15, 0.2) is 5.65 Å². The van der Waals surface area contributed by atoms with Crippen LogP contribution < -0.4 is 5.32 Å². The first-order chi connectivity index (χ1) is 13.8. The number of esters is 1. The number of ether oxygens (including phenoxy) is 1. The number of aromatic nitrogens is 3. The van der Waals surface area contributed by atoms with Crippen molar-refractivity contribution in [3.63, 3.8) is 0 Å². The number of carbonyl (C=O) groups is 2. The molecule has 0 saturated heterocycles. The van der Waals surface area contributed by atoms with E-state index in [9.17, 15) is 9.59 Å². The molecule has 0 aliphatic rings. The van der Waals surface area contributed by atoms with Crippen LogP contribution >= 0.6 is 0 Å². The number of rotatable bonds is 6. The van der Waals surface area contributed by atoms with Crippen molar-refractivity contribution in [3.05, 3.63) is 58.9 Å². The summed E-state index contributed by atoms with van der Waals surface area (Å²) in [6.45, 7) is 5.88. The van der Waals surface area contributed by atoms with Crippen molar-refractivity contribution in [2.45, 2.75) is 39.2 Å². The van der Waals surface area contributed by atoms with Crippen LogP contribution in [0.4, 0.5) is 0 Å². The minimum absolute atomic E-state index is 0.141. The van der Waals surface area contributed by atoms with E-state index in [4.69, 9.17) is 4.74 Å². The van der Waals surface area contributed by atoms with Crippen molar-refractivity contribution >= 4 is 22.9 Å². The fourth-order valence-corrected chi connectivity index (χ4v) is 3.36. The van der Waals surface area contributed by atoms with Crippen molar-refractivity contribution in [2.75, 3.05) is 7.11 Å². The Bertz CT molecular complexity index is 1040. The van der Waals surface area contributed by atoms with E-state index in [0.29, 0.717) is 28.7 Å². The van der Waals surface area contributed by atoms with Gasteiger partial charge in [0.1, 0.15) is 6.04 Å². The van der Waals surface area contributed by atoms with E-state index in [0.717, 1.165) is 11.3 Å². The number of nitrogens with one attached hydrogen (secondary N) is 1. The molecule has 0 unspecified atom stereocenters. The van der Waals surface area contributed by atoms with Crippen LogP contribution in [0.3, 0.4) is 0 Å². The number of amides is 1. The van der Waals surface area contributed by atoms with Crippen LogP contribution in [-0.2, 0) is 23.0 Å². The number of hydrogen-bond acceptors (Lipinski definition) is 5. The number of fused-ring (bicyclic) bond motifs is 1. The predicted molar refractivity (Wildman–Crippen MR) is 111 cm³/mol. The molecule has 0 spiro atoms. The minimum Gasteiger partial charge on any atom is -0.467 e. The van der Waals surface area contributed by atoms with Crippen LogP contribution in [-0.4, -0.2) is 39.8 Å². The Morgan fingerprint density at radius 1 is 1.21 bits per heavy atom. The molecule has 3 rings (SSSR count). The van der Waals surface area contributed by atoms with Gasteiger partial charge in [0.25, 0.3) is 5.91 Å². The SMILES string of the molecule is COC(=O)[C@H](Cc1ccccc1)NC(=O)c1cc(C(C)C)nc2c1c(C)nn2C. The standard InChI is InChI=1S/C22H26N4O3/c1-13(2)17-12-16(19-14(3)25-26(4)20(19)23-17)21(27)24-18(22(28)29-5)11-15-9-7-6-8-10-15/h6-10,12-13,18H,11H2,1-5H3,(H,24,27)/t18-/m0/s1. The minimum atomic E-state index is -0.794. The molecule has 2 aromatic heterocycles. The van der Waals surface area contributed by atoms with Gasteiger partial charge in [-0.05, 0) is 24.5 Å². The summed E-state index contributed by atoms with van der Waals surface area (Å²) < 4.78 is 6.59. The highest BCUT2D eigenvalue weighted by molar-refractivity contribution is 6.07. The maximum absolute atomic E-state index is 13.2. The van der Waals surface area contributed by atoms with E-state index in [1.807, 2.05) is 51.1 Å². The summed E-state index contributed by atoms with van der Waals surface area (Å²) in [5.74, 6) is -0.692. The topological polar surface area (TPSA) is 86.1 Å². The van der Waals surface area contributed by atoms with E-state index in [1.165, 1.54) is 7.11 Å². The first-order valence-electron chi connectivity index (χ1n) is 9.58. The van der Waals surface area contributed by atoms with Gasteiger partial charge in [0, 0.05) is 19.2 Å². The van der Waals surface area contributed by atoms with Gasteiger partial charge in [-0.3, -0.25) is 9.48 Å². The van der Waals surface area contributed by atoms with Crippen molar-refractivity contribution in [2.24, 2.45) is 7.05 Å². The lowest BCUT2D eigenvalue weighted by atomic mass is 10.0. The fourth-order valence-electron chi connectivity index (χ4n) is 3.36.